The van der Waals surface area contributed by atoms with Crippen molar-refractivity contribution in [2.24, 2.45) is 10.4 Å². The molecule has 2 aliphatic rings. The van der Waals surface area contributed by atoms with Crippen molar-refractivity contribution in [3.63, 3.8) is 0 Å². The highest BCUT2D eigenvalue weighted by Gasteiger charge is 2.47. The first kappa shape index (κ1) is 25.4. The minimum absolute atomic E-state index is 0.147. The molecule has 0 aromatic heterocycles. The molecule has 3 rings (SSSR count). The summed E-state index contributed by atoms with van der Waals surface area (Å²) in [6, 6.07) is 2.55. The summed E-state index contributed by atoms with van der Waals surface area (Å²) in [7, 11) is 0. The van der Waals surface area contributed by atoms with E-state index in [0.717, 1.165) is 12.8 Å². The van der Waals surface area contributed by atoms with Gasteiger partial charge in [-0.05, 0) is 58.7 Å². The van der Waals surface area contributed by atoms with Crippen molar-refractivity contribution in [2.75, 3.05) is 17.6 Å². The summed E-state index contributed by atoms with van der Waals surface area (Å²) in [6.45, 7) is 7.43. The maximum atomic E-state index is 15.1. The van der Waals surface area contributed by atoms with Gasteiger partial charge >= 0.3 is 6.09 Å². The van der Waals surface area contributed by atoms with Gasteiger partial charge in [0.05, 0.1) is 23.2 Å². The third-order valence-corrected chi connectivity index (χ3v) is 6.39. The Morgan fingerprint density at radius 1 is 1.47 bits per heavy atom. The molecular weight excluding hydrogens is 459 g/mol. The first-order valence-electron chi connectivity index (χ1n) is 10.9. The van der Waals surface area contributed by atoms with Crippen LogP contribution in [0.5, 0.6) is 0 Å². The summed E-state index contributed by atoms with van der Waals surface area (Å²) in [5, 5.41) is 5.34. The topological polar surface area (TPSA) is 101 Å². The minimum atomic E-state index is -0.605. The number of thioether (sulfide) groups is 1. The van der Waals surface area contributed by atoms with Gasteiger partial charge in [-0.1, -0.05) is 5.92 Å². The predicted molar refractivity (Wildman–Crippen MR) is 130 cm³/mol. The maximum Gasteiger partial charge on any atom is 0.407 e. The smallest absolute Gasteiger partial charge is 0.407 e. The molecule has 0 unspecified atom stereocenters. The highest BCUT2D eigenvalue weighted by atomic mass is 32.2. The summed E-state index contributed by atoms with van der Waals surface area (Å²) < 4.78 is 20.3. The number of nitrogens with one attached hydrogen (secondary N) is 3. The summed E-state index contributed by atoms with van der Waals surface area (Å²) in [5.74, 6) is 3.44. The summed E-state index contributed by atoms with van der Waals surface area (Å²) in [5.41, 5.74) is 2.25. The van der Waals surface area contributed by atoms with E-state index in [2.05, 4.69) is 27.0 Å². The Bertz CT molecular complexity index is 1050. The molecule has 3 N–H and O–H groups in total. The monoisotopic (exact) mass is 488 g/mol. The molecule has 1 fully saturated rings. The molecule has 0 bridgehead atoms. The van der Waals surface area contributed by atoms with Crippen LogP contribution in [-0.4, -0.2) is 42.3 Å². The number of anilines is 1. The van der Waals surface area contributed by atoms with Crippen LogP contribution in [0.2, 0.25) is 0 Å². The largest absolute Gasteiger partial charge is 0.444 e. The number of hydrogen-bond donors (Lipinski definition) is 3. The standard InChI is InChI=1S/C24H29FN4O4S/c1-6-24(8-9-24)20-7-10-26-21(29-33-20)16-11-18(27-14-30)19(12-17(16)25)34-13-15(2)28-22(31)32-23(3,4)5/h1,7,11-12,14-15H,8-10,13H2,2-5H3,(H,26,29)(H,27,30)(H,28,31)/t15-/m1/s1. The van der Waals surface area contributed by atoms with Crippen molar-refractivity contribution in [3.8, 4) is 12.3 Å². The van der Waals surface area contributed by atoms with Gasteiger partial charge in [0.2, 0.25) is 6.41 Å². The lowest BCUT2D eigenvalue weighted by Gasteiger charge is -2.22. The average Bonchev–Trinajstić information content (AvgIpc) is 3.56. The predicted octanol–water partition coefficient (Wildman–Crippen LogP) is 3.98. The molecule has 1 aromatic rings. The first-order chi connectivity index (χ1) is 16.1. The zero-order chi connectivity index (χ0) is 24.9. The number of carbonyl (C=O) groups is 2. The minimum Gasteiger partial charge on any atom is -0.444 e. The molecule has 1 heterocycles. The van der Waals surface area contributed by atoms with Crippen LogP contribution in [0.4, 0.5) is 14.9 Å². The molecule has 0 radical (unpaired) electrons. The summed E-state index contributed by atoms with van der Waals surface area (Å²) in [6.07, 6.45) is 9.07. The van der Waals surface area contributed by atoms with Crippen LogP contribution in [0, 0.1) is 23.6 Å². The molecule has 0 spiro atoms. The lowest BCUT2D eigenvalue weighted by Crippen LogP contribution is -2.38. The van der Waals surface area contributed by atoms with Crippen molar-refractivity contribution >= 4 is 35.8 Å². The quantitative estimate of drug-likeness (QED) is 0.291. The van der Waals surface area contributed by atoms with Crippen LogP contribution in [-0.2, 0) is 14.4 Å². The second-order valence-corrected chi connectivity index (χ2v) is 10.2. The third-order valence-electron chi connectivity index (χ3n) is 5.07. The van der Waals surface area contributed by atoms with Crippen LogP contribution < -0.4 is 16.1 Å². The Morgan fingerprint density at radius 3 is 2.82 bits per heavy atom. The number of halogens is 1. The van der Waals surface area contributed by atoms with E-state index >= 15 is 4.39 Å². The molecule has 182 valence electrons. The van der Waals surface area contributed by atoms with Crippen molar-refractivity contribution in [2.45, 2.75) is 57.1 Å². The van der Waals surface area contributed by atoms with E-state index in [1.807, 2.05) is 6.92 Å². The second kappa shape index (κ2) is 10.4. The fourth-order valence-corrected chi connectivity index (χ4v) is 4.19. The number of hydrogen-bond acceptors (Lipinski definition) is 7. The molecule has 1 aromatic carbocycles. The first-order valence-corrected chi connectivity index (χ1v) is 11.9. The highest BCUT2D eigenvalue weighted by Crippen LogP contribution is 2.51. The zero-order valence-electron chi connectivity index (χ0n) is 19.7. The van der Waals surface area contributed by atoms with Crippen LogP contribution in [0.3, 0.4) is 0 Å². The number of hydroxylamine groups is 1. The summed E-state index contributed by atoms with van der Waals surface area (Å²) in [4.78, 5) is 33.6. The van der Waals surface area contributed by atoms with Gasteiger partial charge in [0.25, 0.3) is 0 Å². The van der Waals surface area contributed by atoms with Gasteiger partial charge in [0, 0.05) is 16.7 Å². The van der Waals surface area contributed by atoms with E-state index in [4.69, 9.17) is 16.0 Å². The van der Waals surface area contributed by atoms with Gasteiger partial charge in [0.1, 0.15) is 17.2 Å². The molecule has 1 aliphatic heterocycles. The van der Waals surface area contributed by atoms with Crippen LogP contribution >= 0.6 is 11.8 Å². The van der Waals surface area contributed by atoms with Crippen LogP contribution in [0.25, 0.3) is 0 Å². The van der Waals surface area contributed by atoms with Crippen LogP contribution in [0.15, 0.2) is 33.9 Å². The third kappa shape index (κ3) is 6.44. The molecule has 1 aliphatic carbocycles. The Hall–Kier alpha value is -3.19. The molecular formula is C24H29FN4O4S. The SMILES string of the molecule is C#CC1(C2=CCN=C(c3cc(NC=O)c(SC[C@@H](C)NC(=O)OC(C)(C)C)cc3F)NO2)CC1. The average molecular weight is 489 g/mol. The summed E-state index contributed by atoms with van der Waals surface area (Å²) >= 11 is 1.29. The Labute approximate surface area is 203 Å². The maximum absolute atomic E-state index is 15.1. The van der Waals surface area contributed by atoms with E-state index in [9.17, 15) is 9.59 Å². The number of rotatable bonds is 8. The van der Waals surface area contributed by atoms with Crippen molar-refractivity contribution in [1.29, 1.82) is 0 Å². The lowest BCUT2D eigenvalue weighted by atomic mass is 10.1. The zero-order valence-corrected chi connectivity index (χ0v) is 20.5. The number of amides is 2. The molecule has 0 saturated heterocycles. The lowest BCUT2D eigenvalue weighted by molar-refractivity contribution is -0.105. The van der Waals surface area contributed by atoms with E-state index in [-0.39, 0.29) is 24.0 Å². The molecule has 1 saturated carbocycles. The van der Waals surface area contributed by atoms with E-state index in [0.29, 0.717) is 28.5 Å². The van der Waals surface area contributed by atoms with Crippen molar-refractivity contribution in [1.82, 2.24) is 10.8 Å². The number of carbonyl (C=O) groups excluding carboxylic acids is 2. The normalized spacial score (nSPS) is 17.4. The van der Waals surface area contributed by atoms with E-state index < -0.39 is 22.9 Å². The fraction of sp³-hybridized carbons (Fsp3) is 0.458. The Kier molecular flexibility index (Phi) is 7.77. The molecule has 34 heavy (non-hydrogen) atoms. The van der Waals surface area contributed by atoms with Crippen LogP contribution in [0.1, 0.15) is 46.1 Å². The van der Waals surface area contributed by atoms with E-state index in [1.165, 1.54) is 23.9 Å². The number of nitrogens with zero attached hydrogens (tertiary/aromatic N) is 1. The van der Waals surface area contributed by atoms with E-state index in [1.54, 1.807) is 26.8 Å². The molecule has 8 nitrogen and oxygen atoms in total. The Morgan fingerprint density at radius 2 is 2.21 bits per heavy atom. The number of benzene rings is 1. The Balaban J connectivity index is 1.69. The number of terminal acetylenes is 1. The molecule has 10 heteroatoms. The van der Waals surface area contributed by atoms with Gasteiger partial charge in [-0.15, -0.1) is 18.2 Å². The van der Waals surface area contributed by atoms with Gasteiger partial charge < -0.3 is 20.2 Å². The number of aliphatic imine (C=N–C) groups is 1. The van der Waals surface area contributed by atoms with Crippen molar-refractivity contribution in [3.05, 3.63) is 35.3 Å². The van der Waals surface area contributed by atoms with Gasteiger partial charge in [-0.25, -0.2) is 14.7 Å². The highest BCUT2D eigenvalue weighted by molar-refractivity contribution is 7.99. The number of ether oxygens (including phenoxy) is 1. The van der Waals surface area contributed by atoms with Gasteiger partial charge in [-0.3, -0.25) is 9.79 Å². The molecule has 2 amide bonds. The second-order valence-electron chi connectivity index (χ2n) is 9.14. The fourth-order valence-electron chi connectivity index (χ4n) is 3.21. The van der Waals surface area contributed by atoms with Gasteiger partial charge in [0.15, 0.2) is 5.84 Å². The van der Waals surface area contributed by atoms with Crippen molar-refractivity contribution < 1.29 is 23.6 Å². The number of alkyl carbamates (subject to hydrolysis) is 1. The molecule has 1 atom stereocenters. The number of allylic oxidation sites excluding steroid dienone is 1. The number of amidine groups is 1. The van der Waals surface area contributed by atoms with Gasteiger partial charge in [-0.2, -0.15) is 0 Å².